The first-order chi connectivity index (χ1) is 14.3. The first-order valence-corrected chi connectivity index (χ1v) is 10.9. The van der Waals surface area contributed by atoms with Crippen molar-refractivity contribution in [2.24, 2.45) is 5.92 Å². The number of anilines is 2. The van der Waals surface area contributed by atoms with E-state index in [-0.39, 0.29) is 5.92 Å². The summed E-state index contributed by atoms with van der Waals surface area (Å²) in [6, 6.07) is 10.2. The monoisotopic (exact) mass is 423 g/mol. The molecule has 4 rings (SSSR count). The number of rotatable bonds is 5. The number of hydrogen-bond donors (Lipinski definition) is 3. The SMILES string of the molecule is Cc1cc(Nc2cc(C)ccn2)cc(-c2cnc([C@]3(O)CC[C@@H](C(=O)O)CC3)s2)c1. The third-order valence-corrected chi connectivity index (χ3v) is 6.86. The van der Waals surface area contributed by atoms with Gasteiger partial charge in [-0.2, -0.15) is 0 Å². The van der Waals surface area contributed by atoms with E-state index in [0.717, 1.165) is 33.1 Å². The molecule has 0 atom stereocenters. The van der Waals surface area contributed by atoms with Gasteiger partial charge in [-0.05, 0) is 80.5 Å². The summed E-state index contributed by atoms with van der Waals surface area (Å²) >= 11 is 1.48. The molecule has 2 heterocycles. The maximum atomic E-state index is 11.2. The lowest BCUT2D eigenvalue weighted by atomic mass is 9.79. The minimum absolute atomic E-state index is 0.370. The number of nitrogens with zero attached hydrogens (tertiary/aromatic N) is 2. The third kappa shape index (κ3) is 4.37. The van der Waals surface area contributed by atoms with Gasteiger partial charge in [-0.25, -0.2) is 9.97 Å². The number of hydrogen-bond acceptors (Lipinski definition) is 6. The Kier molecular flexibility index (Phi) is 5.58. The topological polar surface area (TPSA) is 95.3 Å². The van der Waals surface area contributed by atoms with Crippen molar-refractivity contribution >= 4 is 28.8 Å². The molecule has 0 amide bonds. The van der Waals surface area contributed by atoms with Crippen molar-refractivity contribution < 1.29 is 15.0 Å². The van der Waals surface area contributed by atoms with Crippen LogP contribution in [0.15, 0.2) is 42.7 Å². The number of aliphatic hydroxyl groups is 1. The quantitative estimate of drug-likeness (QED) is 0.533. The average molecular weight is 424 g/mol. The zero-order valence-corrected chi connectivity index (χ0v) is 17.9. The van der Waals surface area contributed by atoms with Crippen molar-refractivity contribution in [1.29, 1.82) is 0 Å². The van der Waals surface area contributed by atoms with E-state index in [2.05, 4.69) is 33.5 Å². The molecular formula is C23H25N3O3S. The van der Waals surface area contributed by atoms with Gasteiger partial charge in [-0.15, -0.1) is 11.3 Å². The molecular weight excluding hydrogens is 398 g/mol. The van der Waals surface area contributed by atoms with E-state index in [1.807, 2.05) is 26.0 Å². The Morgan fingerprint density at radius 3 is 2.60 bits per heavy atom. The van der Waals surface area contributed by atoms with Gasteiger partial charge in [0.25, 0.3) is 0 Å². The second-order valence-electron chi connectivity index (χ2n) is 8.10. The van der Waals surface area contributed by atoms with Crippen LogP contribution in [-0.2, 0) is 10.4 Å². The summed E-state index contributed by atoms with van der Waals surface area (Å²) < 4.78 is 0. The average Bonchev–Trinajstić information content (AvgIpc) is 3.19. The maximum Gasteiger partial charge on any atom is 0.306 e. The molecule has 0 bridgehead atoms. The maximum absolute atomic E-state index is 11.2. The van der Waals surface area contributed by atoms with Gasteiger partial charge < -0.3 is 15.5 Å². The summed E-state index contributed by atoms with van der Waals surface area (Å²) in [6.45, 7) is 4.07. The Morgan fingerprint density at radius 1 is 1.13 bits per heavy atom. The van der Waals surface area contributed by atoms with Crippen LogP contribution >= 0.6 is 11.3 Å². The van der Waals surface area contributed by atoms with Crippen LogP contribution in [0.1, 0.15) is 41.8 Å². The van der Waals surface area contributed by atoms with E-state index >= 15 is 0 Å². The van der Waals surface area contributed by atoms with Gasteiger partial charge in [0.2, 0.25) is 0 Å². The van der Waals surface area contributed by atoms with Crippen molar-refractivity contribution in [3.8, 4) is 10.4 Å². The molecule has 0 spiro atoms. The Bertz CT molecular complexity index is 1070. The van der Waals surface area contributed by atoms with Crippen LogP contribution in [0, 0.1) is 19.8 Å². The standard InChI is InChI=1S/C23H25N3O3S/c1-14-5-8-24-20(11-14)26-18-10-15(2)9-17(12-18)19-13-25-22(30-19)23(29)6-3-16(4-7-23)21(27)28/h5,8-13,16,29H,3-4,6-7H2,1-2H3,(H,24,26)(H,27,28)/t16-,23+. The fraction of sp³-hybridized carbons (Fsp3) is 0.348. The number of carboxylic acids is 1. The number of carbonyl (C=O) groups is 1. The van der Waals surface area contributed by atoms with Gasteiger partial charge in [0, 0.05) is 18.1 Å². The fourth-order valence-electron chi connectivity index (χ4n) is 3.93. The Balaban J connectivity index is 1.56. The number of pyridine rings is 1. The molecule has 1 aliphatic carbocycles. The smallest absolute Gasteiger partial charge is 0.306 e. The molecule has 2 aromatic heterocycles. The number of benzene rings is 1. The Morgan fingerprint density at radius 2 is 1.90 bits per heavy atom. The van der Waals surface area contributed by atoms with Crippen LogP contribution in [0.3, 0.4) is 0 Å². The molecule has 156 valence electrons. The molecule has 6 nitrogen and oxygen atoms in total. The molecule has 3 N–H and O–H groups in total. The lowest BCUT2D eigenvalue weighted by Gasteiger charge is -2.32. The zero-order chi connectivity index (χ0) is 21.3. The molecule has 0 aliphatic heterocycles. The van der Waals surface area contributed by atoms with Crippen molar-refractivity contribution in [1.82, 2.24) is 9.97 Å². The minimum Gasteiger partial charge on any atom is -0.481 e. The third-order valence-electron chi connectivity index (χ3n) is 5.62. The van der Waals surface area contributed by atoms with Gasteiger partial charge in [0.1, 0.15) is 16.4 Å². The van der Waals surface area contributed by atoms with Crippen LogP contribution in [-0.4, -0.2) is 26.2 Å². The first-order valence-electron chi connectivity index (χ1n) is 10.1. The summed E-state index contributed by atoms with van der Waals surface area (Å²) in [7, 11) is 0. The largest absolute Gasteiger partial charge is 0.481 e. The molecule has 1 saturated carbocycles. The lowest BCUT2D eigenvalue weighted by molar-refractivity contribution is -0.145. The van der Waals surface area contributed by atoms with E-state index in [9.17, 15) is 15.0 Å². The Labute approximate surface area is 179 Å². The van der Waals surface area contributed by atoms with Gasteiger partial charge >= 0.3 is 5.97 Å². The fourth-order valence-corrected chi connectivity index (χ4v) is 4.98. The van der Waals surface area contributed by atoms with Crippen LogP contribution in [0.2, 0.25) is 0 Å². The first kappa shape index (κ1) is 20.5. The van der Waals surface area contributed by atoms with E-state index in [4.69, 9.17) is 0 Å². The number of aromatic nitrogens is 2. The van der Waals surface area contributed by atoms with Crippen LogP contribution in [0.4, 0.5) is 11.5 Å². The normalized spacial score (nSPS) is 21.4. The van der Waals surface area contributed by atoms with Gasteiger partial charge in [-0.3, -0.25) is 4.79 Å². The second kappa shape index (κ2) is 8.16. The summed E-state index contributed by atoms with van der Waals surface area (Å²) in [6.07, 6.45) is 5.38. The molecule has 7 heteroatoms. The highest BCUT2D eigenvalue weighted by Gasteiger charge is 2.39. The van der Waals surface area contributed by atoms with Crippen molar-refractivity contribution in [2.45, 2.75) is 45.1 Å². The zero-order valence-electron chi connectivity index (χ0n) is 17.1. The van der Waals surface area contributed by atoms with Crippen LogP contribution in [0.5, 0.6) is 0 Å². The van der Waals surface area contributed by atoms with Gasteiger partial charge in [0.05, 0.1) is 10.8 Å². The van der Waals surface area contributed by atoms with Crippen molar-refractivity contribution in [3.05, 3.63) is 58.9 Å². The molecule has 3 aromatic rings. The van der Waals surface area contributed by atoms with Gasteiger partial charge in [0.15, 0.2) is 0 Å². The molecule has 0 radical (unpaired) electrons. The summed E-state index contributed by atoms with van der Waals surface area (Å²) in [5.74, 6) is -0.355. The summed E-state index contributed by atoms with van der Waals surface area (Å²) in [4.78, 5) is 21.0. The van der Waals surface area contributed by atoms with Crippen molar-refractivity contribution in [3.63, 3.8) is 0 Å². The van der Waals surface area contributed by atoms with E-state index < -0.39 is 11.6 Å². The summed E-state index contributed by atoms with van der Waals surface area (Å²) in [5, 5.41) is 24.3. The van der Waals surface area contributed by atoms with E-state index in [1.54, 1.807) is 12.4 Å². The highest BCUT2D eigenvalue weighted by Crippen LogP contribution is 2.43. The predicted molar refractivity (Wildman–Crippen MR) is 118 cm³/mol. The molecule has 30 heavy (non-hydrogen) atoms. The minimum atomic E-state index is -1.04. The lowest BCUT2D eigenvalue weighted by Crippen LogP contribution is -2.33. The highest BCUT2D eigenvalue weighted by atomic mass is 32.1. The predicted octanol–water partition coefficient (Wildman–Crippen LogP) is 5.03. The van der Waals surface area contributed by atoms with E-state index in [1.165, 1.54) is 11.3 Å². The Hall–Kier alpha value is -2.77. The van der Waals surface area contributed by atoms with Crippen LogP contribution < -0.4 is 5.32 Å². The molecule has 1 aliphatic rings. The van der Waals surface area contributed by atoms with Crippen molar-refractivity contribution in [2.75, 3.05) is 5.32 Å². The second-order valence-corrected chi connectivity index (χ2v) is 9.14. The summed E-state index contributed by atoms with van der Waals surface area (Å²) in [5.41, 5.74) is 3.18. The number of aryl methyl sites for hydroxylation is 2. The van der Waals surface area contributed by atoms with Gasteiger partial charge in [-0.1, -0.05) is 6.07 Å². The number of thiazole rings is 1. The number of nitrogens with one attached hydrogen (secondary N) is 1. The number of aliphatic carboxylic acids is 1. The molecule has 0 unspecified atom stereocenters. The van der Waals surface area contributed by atoms with E-state index in [0.29, 0.717) is 30.7 Å². The molecule has 1 fully saturated rings. The van der Waals surface area contributed by atoms with Crippen LogP contribution in [0.25, 0.3) is 10.4 Å². The molecule has 0 saturated heterocycles. The highest BCUT2D eigenvalue weighted by molar-refractivity contribution is 7.15. The number of carboxylic acid groups (broad SMARTS) is 1. The molecule has 1 aromatic carbocycles.